The summed E-state index contributed by atoms with van der Waals surface area (Å²) in [5, 5.41) is 6.61. The van der Waals surface area contributed by atoms with Gasteiger partial charge in [-0.1, -0.05) is 42.5 Å². The molecule has 3 nitrogen and oxygen atoms in total. The molecule has 1 aromatic heterocycles. The molecule has 1 aliphatic rings. The van der Waals surface area contributed by atoms with Crippen molar-refractivity contribution in [3.8, 4) is 0 Å². The topological polar surface area (TPSA) is 42.0 Å². The largest absolute Gasteiger partial charge is 0.351 e. The fourth-order valence-corrected chi connectivity index (χ4v) is 3.72. The van der Waals surface area contributed by atoms with Gasteiger partial charge in [0.05, 0.1) is 11.2 Å². The van der Waals surface area contributed by atoms with Crippen LogP contribution in [0.3, 0.4) is 0 Å². The van der Waals surface area contributed by atoms with Gasteiger partial charge in [-0.15, -0.1) is 11.3 Å². The maximum atomic E-state index is 12.2. The number of amides is 1. The summed E-state index contributed by atoms with van der Waals surface area (Å²) in [6.45, 7) is 0.647. The molecule has 1 saturated carbocycles. The normalized spacial score (nSPS) is 14.1. The number of hydrogen-bond acceptors (Lipinski definition) is 3. The number of aromatic nitrogens is 1. The van der Waals surface area contributed by atoms with Crippen LogP contribution in [0.1, 0.15) is 39.0 Å². The molecule has 1 N–H and O–H groups in total. The second-order valence-electron chi connectivity index (χ2n) is 6.02. The van der Waals surface area contributed by atoms with Gasteiger partial charge in [0, 0.05) is 12.5 Å². The zero-order valence-electron chi connectivity index (χ0n) is 12.8. The van der Waals surface area contributed by atoms with Crippen molar-refractivity contribution in [3.63, 3.8) is 0 Å². The van der Waals surface area contributed by atoms with Gasteiger partial charge < -0.3 is 5.32 Å². The Labute approximate surface area is 139 Å². The van der Waals surface area contributed by atoms with Crippen molar-refractivity contribution in [1.29, 1.82) is 0 Å². The lowest BCUT2D eigenvalue weighted by Crippen LogP contribution is -2.24. The highest BCUT2D eigenvalue weighted by Gasteiger charge is 2.27. The van der Waals surface area contributed by atoms with Gasteiger partial charge >= 0.3 is 0 Å². The number of rotatable bonds is 5. The first-order valence-corrected chi connectivity index (χ1v) is 8.83. The summed E-state index contributed by atoms with van der Waals surface area (Å²) in [6.07, 6.45) is 4.99. The Balaban J connectivity index is 1.35. The van der Waals surface area contributed by atoms with Gasteiger partial charge in [-0.05, 0) is 35.6 Å². The minimum atomic E-state index is -0.00445. The molecule has 0 saturated heterocycles. The van der Waals surface area contributed by atoms with E-state index in [0.717, 1.165) is 16.3 Å². The molecule has 0 bridgehead atoms. The number of benzene rings is 2. The van der Waals surface area contributed by atoms with Gasteiger partial charge in [0.25, 0.3) is 5.91 Å². The molecule has 0 atom stereocenters. The smallest absolute Gasteiger partial charge is 0.263 e. The molecule has 4 rings (SSSR count). The molecule has 1 fully saturated rings. The molecule has 0 unspecified atom stereocenters. The number of fused-ring (bicyclic) bond motifs is 1. The molecule has 0 spiro atoms. The van der Waals surface area contributed by atoms with Crippen LogP contribution >= 0.6 is 11.3 Å². The first-order valence-electron chi connectivity index (χ1n) is 8.01. The van der Waals surface area contributed by atoms with Crippen molar-refractivity contribution in [2.75, 3.05) is 6.54 Å². The molecular weight excluding hydrogens is 304 g/mol. The van der Waals surface area contributed by atoms with Gasteiger partial charge in [-0.25, -0.2) is 4.98 Å². The summed E-state index contributed by atoms with van der Waals surface area (Å²) in [6, 6.07) is 14.8. The van der Waals surface area contributed by atoms with E-state index in [1.807, 2.05) is 6.07 Å². The summed E-state index contributed by atoms with van der Waals surface area (Å²) in [4.78, 5) is 17.2. The maximum absolute atomic E-state index is 12.2. The van der Waals surface area contributed by atoms with Gasteiger partial charge in [0.1, 0.15) is 4.88 Å². The van der Waals surface area contributed by atoms with Crippen LogP contribution < -0.4 is 5.32 Å². The number of nitrogens with one attached hydrogen (secondary N) is 1. The summed E-state index contributed by atoms with van der Waals surface area (Å²) in [5.74, 6) is 0.606. The summed E-state index contributed by atoms with van der Waals surface area (Å²) in [7, 11) is 0. The van der Waals surface area contributed by atoms with E-state index < -0.39 is 0 Å². The van der Waals surface area contributed by atoms with Crippen LogP contribution in [0.4, 0.5) is 0 Å². The highest BCUT2D eigenvalue weighted by Crippen LogP contribution is 2.41. The van der Waals surface area contributed by atoms with Crippen LogP contribution in [0, 0.1) is 0 Å². The predicted octanol–water partition coefficient (Wildman–Crippen LogP) is 4.15. The average molecular weight is 322 g/mol. The molecule has 23 heavy (non-hydrogen) atoms. The van der Waals surface area contributed by atoms with E-state index in [1.165, 1.54) is 40.5 Å². The van der Waals surface area contributed by atoms with Crippen molar-refractivity contribution < 1.29 is 4.79 Å². The van der Waals surface area contributed by atoms with E-state index in [-0.39, 0.29) is 5.91 Å². The fourth-order valence-electron chi connectivity index (χ4n) is 2.71. The highest BCUT2D eigenvalue weighted by molar-refractivity contribution is 7.13. The third kappa shape index (κ3) is 3.27. The van der Waals surface area contributed by atoms with Crippen LogP contribution in [0.15, 0.2) is 48.7 Å². The minimum absolute atomic E-state index is 0.00445. The third-order valence-corrected chi connectivity index (χ3v) is 5.35. The van der Waals surface area contributed by atoms with E-state index in [1.54, 1.807) is 6.20 Å². The van der Waals surface area contributed by atoms with Crippen LogP contribution in [0.2, 0.25) is 0 Å². The van der Waals surface area contributed by atoms with Crippen molar-refractivity contribution >= 4 is 28.0 Å². The predicted molar refractivity (Wildman–Crippen MR) is 94.1 cm³/mol. The Bertz CT molecular complexity index is 851. The van der Waals surface area contributed by atoms with Crippen LogP contribution in [0.25, 0.3) is 10.8 Å². The number of hydrogen-bond donors (Lipinski definition) is 1. The van der Waals surface area contributed by atoms with Crippen molar-refractivity contribution in [2.45, 2.75) is 25.2 Å². The van der Waals surface area contributed by atoms with Gasteiger partial charge in [-0.2, -0.15) is 0 Å². The molecule has 4 heteroatoms. The molecule has 116 valence electrons. The third-order valence-electron chi connectivity index (χ3n) is 4.19. The van der Waals surface area contributed by atoms with Gasteiger partial charge in [0.2, 0.25) is 0 Å². The lowest BCUT2D eigenvalue weighted by Gasteiger charge is -2.05. The Morgan fingerprint density at radius 1 is 1.17 bits per heavy atom. The second-order valence-corrected chi connectivity index (χ2v) is 7.09. The molecule has 2 aromatic carbocycles. The lowest BCUT2D eigenvalue weighted by molar-refractivity contribution is 0.0958. The van der Waals surface area contributed by atoms with Crippen LogP contribution in [-0.2, 0) is 6.42 Å². The van der Waals surface area contributed by atoms with Crippen LogP contribution in [0.5, 0.6) is 0 Å². The van der Waals surface area contributed by atoms with Crippen molar-refractivity contribution in [1.82, 2.24) is 10.3 Å². The minimum Gasteiger partial charge on any atom is -0.351 e. The first kappa shape index (κ1) is 14.4. The van der Waals surface area contributed by atoms with E-state index in [2.05, 4.69) is 46.7 Å². The summed E-state index contributed by atoms with van der Waals surface area (Å²) >= 11 is 1.54. The lowest BCUT2D eigenvalue weighted by atomic mass is 10.1. The average Bonchev–Trinajstić information content (AvgIpc) is 3.31. The SMILES string of the molecule is O=C(NCCc1ccc2ccccc2c1)c1cnc(C2CC2)s1. The number of thiazole rings is 1. The van der Waals surface area contributed by atoms with Crippen molar-refractivity contribution in [2.24, 2.45) is 0 Å². The van der Waals surface area contributed by atoms with Crippen LogP contribution in [-0.4, -0.2) is 17.4 Å². The maximum Gasteiger partial charge on any atom is 0.263 e. The van der Waals surface area contributed by atoms with E-state index >= 15 is 0 Å². The molecule has 0 aliphatic heterocycles. The quantitative estimate of drug-likeness (QED) is 0.767. The standard InChI is InChI=1S/C19H18N2OS/c22-18(17-12-21-19(23-17)15-7-8-15)20-10-9-13-5-6-14-3-1-2-4-16(14)11-13/h1-6,11-12,15H,7-10H2,(H,20,22). The number of carbonyl (C=O) groups excluding carboxylic acids is 1. The van der Waals surface area contributed by atoms with E-state index in [4.69, 9.17) is 0 Å². The highest BCUT2D eigenvalue weighted by atomic mass is 32.1. The zero-order chi connectivity index (χ0) is 15.6. The van der Waals surface area contributed by atoms with Gasteiger partial charge in [-0.3, -0.25) is 4.79 Å². The molecule has 3 aromatic rings. The Morgan fingerprint density at radius 2 is 2.00 bits per heavy atom. The van der Waals surface area contributed by atoms with Gasteiger partial charge in [0.15, 0.2) is 0 Å². The fraction of sp³-hybridized carbons (Fsp3) is 0.263. The Kier molecular flexibility index (Phi) is 3.83. The number of nitrogens with zero attached hydrogens (tertiary/aromatic N) is 1. The molecular formula is C19H18N2OS. The first-order chi connectivity index (χ1) is 11.3. The molecule has 1 amide bonds. The summed E-state index contributed by atoms with van der Waals surface area (Å²) < 4.78 is 0. The molecule has 1 aliphatic carbocycles. The number of carbonyl (C=O) groups is 1. The van der Waals surface area contributed by atoms with Crippen molar-refractivity contribution in [3.05, 3.63) is 64.1 Å². The Hall–Kier alpha value is -2.20. The van der Waals surface area contributed by atoms with E-state index in [9.17, 15) is 4.79 Å². The zero-order valence-corrected chi connectivity index (χ0v) is 13.6. The Morgan fingerprint density at radius 3 is 2.83 bits per heavy atom. The van der Waals surface area contributed by atoms with E-state index in [0.29, 0.717) is 12.5 Å². The second kappa shape index (κ2) is 6.13. The monoisotopic (exact) mass is 322 g/mol. The summed E-state index contributed by atoms with van der Waals surface area (Å²) in [5.41, 5.74) is 1.24. The molecule has 1 heterocycles. The molecule has 0 radical (unpaired) electrons.